The molecule has 0 fully saturated rings. The monoisotopic (exact) mass is 420 g/mol. The maximum Gasteiger partial charge on any atom is 1.00 e. The van der Waals surface area contributed by atoms with E-state index in [1.165, 1.54) is 0 Å². The number of rotatable bonds is 0. The molecular formula is C10H21NaO14S. The van der Waals surface area contributed by atoms with Crippen LogP contribution in [0.2, 0.25) is 0 Å². The zero-order chi connectivity index (χ0) is 22.4. The molecule has 0 aliphatic carbocycles. The molecule has 0 aliphatic rings. The largest absolute Gasteiger partial charge is 1.00 e. The van der Waals surface area contributed by atoms with E-state index in [2.05, 4.69) is 0 Å². The Balaban J connectivity index is -0.0000000331. The van der Waals surface area contributed by atoms with Gasteiger partial charge >= 0.3 is 29.6 Å². The number of carboxylic acids is 5. The Morgan fingerprint density at radius 3 is 0.577 bits per heavy atom. The van der Waals surface area contributed by atoms with Crippen LogP contribution >= 0.6 is 0 Å². The zero-order valence-corrected chi connectivity index (χ0v) is 17.7. The van der Waals surface area contributed by atoms with E-state index < -0.39 is 40.2 Å². The fourth-order valence-electron chi connectivity index (χ4n) is 0. The van der Waals surface area contributed by atoms with Gasteiger partial charge in [-0.05, 0) is 0 Å². The topological polar surface area (TPSA) is 264 Å². The number of carboxylic acid groups (broad SMARTS) is 5. The minimum Gasteiger partial charge on any atom is -0.726 e. The molecule has 0 aromatic heterocycles. The maximum absolute atomic E-state index is 9.00. The van der Waals surface area contributed by atoms with Crippen molar-refractivity contribution in [1.82, 2.24) is 0 Å². The second-order valence-electron chi connectivity index (χ2n) is 3.02. The first-order valence-electron chi connectivity index (χ1n) is 5.32. The van der Waals surface area contributed by atoms with Gasteiger partial charge in [-0.3, -0.25) is 28.5 Å². The van der Waals surface area contributed by atoms with Crippen molar-refractivity contribution in [3.05, 3.63) is 0 Å². The van der Waals surface area contributed by atoms with E-state index in [0.29, 0.717) is 0 Å². The SMILES string of the molecule is CC(=O)O.CC(=O)O.CC(=O)O.CC(=O)O.CC(=O)O.O=S(=O)([O-])O.[Na+]. The first-order chi connectivity index (χ1) is 10.7. The molecule has 0 amide bonds. The molecule has 0 bridgehead atoms. The predicted molar refractivity (Wildman–Crippen MR) is 78.9 cm³/mol. The maximum atomic E-state index is 9.00. The van der Waals surface area contributed by atoms with E-state index in [-0.39, 0.29) is 29.6 Å². The molecule has 0 radical (unpaired) electrons. The minimum absolute atomic E-state index is 0. The van der Waals surface area contributed by atoms with Crippen LogP contribution < -0.4 is 29.6 Å². The average Bonchev–Trinajstić information content (AvgIpc) is 2.06. The van der Waals surface area contributed by atoms with Crippen molar-refractivity contribution >= 4 is 40.2 Å². The Kier molecular flexibility index (Phi) is 52.6. The first kappa shape index (κ1) is 44.0. The third-order valence-electron chi connectivity index (χ3n) is 0. The Labute approximate surface area is 171 Å². The summed E-state index contributed by atoms with van der Waals surface area (Å²) in [7, 11) is -4.92. The van der Waals surface area contributed by atoms with E-state index in [9.17, 15) is 0 Å². The molecule has 0 saturated carbocycles. The van der Waals surface area contributed by atoms with Crippen LogP contribution in [0.5, 0.6) is 0 Å². The summed E-state index contributed by atoms with van der Waals surface area (Å²) >= 11 is 0. The molecular weight excluding hydrogens is 399 g/mol. The summed E-state index contributed by atoms with van der Waals surface area (Å²) in [6, 6.07) is 0. The predicted octanol–water partition coefficient (Wildman–Crippen LogP) is -3.54. The zero-order valence-electron chi connectivity index (χ0n) is 14.9. The molecule has 0 rings (SSSR count). The minimum atomic E-state index is -4.92. The van der Waals surface area contributed by atoms with Crippen LogP contribution in [0.1, 0.15) is 34.6 Å². The number of hydrogen-bond donors (Lipinski definition) is 6. The molecule has 0 heterocycles. The summed E-state index contributed by atoms with van der Waals surface area (Å²) in [4.78, 5) is 45.0. The molecule has 0 atom stereocenters. The van der Waals surface area contributed by atoms with Crippen molar-refractivity contribution < 1.29 is 96.6 Å². The van der Waals surface area contributed by atoms with Gasteiger partial charge in [0.2, 0.25) is 10.4 Å². The Bertz CT molecular complexity index is 386. The molecule has 0 aromatic carbocycles. The second-order valence-corrected chi connectivity index (χ2v) is 3.88. The van der Waals surface area contributed by atoms with Gasteiger partial charge in [0.1, 0.15) is 0 Å². The standard InChI is InChI=1S/5C2H4O2.Na.H2O4S/c5*1-2(3)4;;1-5(2,3)4/h5*1H3,(H,3,4);;(H2,1,2,3,4)/q;;;;;+1;/p-1. The van der Waals surface area contributed by atoms with E-state index in [1.807, 2.05) is 0 Å². The molecule has 6 N–H and O–H groups in total. The van der Waals surface area contributed by atoms with Gasteiger partial charge in [-0.2, -0.15) is 0 Å². The number of carbonyl (C=O) groups is 5. The van der Waals surface area contributed by atoms with Crippen molar-refractivity contribution in [3.8, 4) is 0 Å². The summed E-state index contributed by atoms with van der Waals surface area (Å²) in [6.07, 6.45) is 0. The number of hydrogen-bond acceptors (Lipinski definition) is 8. The van der Waals surface area contributed by atoms with Crippen LogP contribution in [-0.2, 0) is 34.4 Å². The van der Waals surface area contributed by atoms with Gasteiger partial charge in [-0.15, -0.1) is 0 Å². The molecule has 0 saturated heterocycles. The van der Waals surface area contributed by atoms with Crippen molar-refractivity contribution in [2.45, 2.75) is 34.6 Å². The normalized spacial score (nSPS) is 7.04. The fraction of sp³-hybridized carbons (Fsp3) is 0.500. The van der Waals surface area contributed by atoms with Crippen molar-refractivity contribution in [2.75, 3.05) is 0 Å². The molecule has 0 aromatic rings. The molecule has 26 heavy (non-hydrogen) atoms. The summed E-state index contributed by atoms with van der Waals surface area (Å²) in [5.74, 6) is -4.17. The van der Waals surface area contributed by atoms with Gasteiger partial charge in [0.25, 0.3) is 29.8 Å². The third-order valence-corrected chi connectivity index (χ3v) is 0. The summed E-state index contributed by atoms with van der Waals surface area (Å²) in [5, 5.41) is 37.1. The van der Waals surface area contributed by atoms with Gasteiger partial charge in [0, 0.05) is 34.6 Å². The van der Waals surface area contributed by atoms with E-state index in [0.717, 1.165) is 34.6 Å². The van der Waals surface area contributed by atoms with Crippen molar-refractivity contribution in [2.24, 2.45) is 0 Å². The Morgan fingerprint density at radius 2 is 0.577 bits per heavy atom. The summed E-state index contributed by atoms with van der Waals surface area (Å²) < 4.78 is 32.8. The first-order valence-corrected chi connectivity index (χ1v) is 6.69. The van der Waals surface area contributed by atoms with Gasteiger partial charge < -0.3 is 30.1 Å². The van der Waals surface area contributed by atoms with Crippen molar-refractivity contribution in [3.63, 3.8) is 0 Å². The van der Waals surface area contributed by atoms with E-state index >= 15 is 0 Å². The van der Waals surface area contributed by atoms with Crippen LogP contribution in [0.25, 0.3) is 0 Å². The van der Waals surface area contributed by atoms with Crippen LogP contribution in [-0.4, -0.2) is 72.9 Å². The summed E-state index contributed by atoms with van der Waals surface area (Å²) in [5.41, 5.74) is 0. The van der Waals surface area contributed by atoms with Crippen LogP contribution in [0.4, 0.5) is 0 Å². The molecule has 0 unspecified atom stereocenters. The molecule has 0 spiro atoms. The molecule has 152 valence electrons. The van der Waals surface area contributed by atoms with Gasteiger partial charge in [-0.25, -0.2) is 8.42 Å². The third kappa shape index (κ3) is 3160. The van der Waals surface area contributed by atoms with Gasteiger partial charge in [-0.1, -0.05) is 0 Å². The number of aliphatic carboxylic acids is 5. The fourth-order valence-corrected chi connectivity index (χ4v) is 0. The van der Waals surface area contributed by atoms with E-state index in [4.69, 9.17) is 67.0 Å². The molecule has 14 nitrogen and oxygen atoms in total. The van der Waals surface area contributed by atoms with Crippen LogP contribution in [0.3, 0.4) is 0 Å². The quantitative estimate of drug-likeness (QED) is 0.126. The second kappa shape index (κ2) is 31.0. The Morgan fingerprint density at radius 1 is 0.577 bits per heavy atom. The van der Waals surface area contributed by atoms with Crippen molar-refractivity contribution in [1.29, 1.82) is 0 Å². The molecule has 16 heteroatoms. The van der Waals surface area contributed by atoms with Gasteiger partial charge in [0.05, 0.1) is 0 Å². The summed E-state index contributed by atoms with van der Waals surface area (Å²) in [6.45, 7) is 5.42. The smallest absolute Gasteiger partial charge is 0.726 e. The van der Waals surface area contributed by atoms with Gasteiger partial charge in [0.15, 0.2) is 0 Å². The molecule has 0 aliphatic heterocycles. The Hall–Kier alpha value is -1.78. The average molecular weight is 420 g/mol. The van der Waals surface area contributed by atoms with E-state index in [1.54, 1.807) is 0 Å². The van der Waals surface area contributed by atoms with Crippen LogP contribution in [0.15, 0.2) is 0 Å². The van der Waals surface area contributed by atoms with Crippen LogP contribution in [0, 0.1) is 0 Å².